The molecule has 5 heteroatoms. The van der Waals surface area contributed by atoms with Crippen LogP contribution in [0, 0.1) is 0 Å². The Labute approximate surface area is 134 Å². The average Bonchev–Trinajstić information content (AvgIpc) is 3.27. The maximum atomic E-state index is 4.86. The first kappa shape index (κ1) is 13.5. The fourth-order valence-corrected chi connectivity index (χ4v) is 4.00. The van der Waals surface area contributed by atoms with E-state index in [0.29, 0.717) is 6.04 Å². The molecule has 1 aliphatic heterocycles. The van der Waals surface area contributed by atoms with Gasteiger partial charge in [0.1, 0.15) is 0 Å². The van der Waals surface area contributed by atoms with Crippen LogP contribution in [0.4, 0.5) is 5.13 Å². The van der Waals surface area contributed by atoms with E-state index < -0.39 is 0 Å². The van der Waals surface area contributed by atoms with Crippen LogP contribution in [0.5, 0.6) is 0 Å². The predicted molar refractivity (Wildman–Crippen MR) is 90.1 cm³/mol. The van der Waals surface area contributed by atoms with Gasteiger partial charge in [-0.3, -0.25) is 4.68 Å². The van der Waals surface area contributed by atoms with Crippen molar-refractivity contribution in [2.24, 2.45) is 7.05 Å². The Morgan fingerprint density at radius 3 is 2.86 bits per heavy atom. The fraction of sp³-hybridized carbons (Fsp3) is 0.294. The molecule has 3 aromatic rings. The monoisotopic (exact) mass is 310 g/mol. The van der Waals surface area contributed by atoms with Gasteiger partial charge in [-0.05, 0) is 12.8 Å². The van der Waals surface area contributed by atoms with Crippen molar-refractivity contribution in [1.82, 2.24) is 14.8 Å². The largest absolute Gasteiger partial charge is 0.341 e. The van der Waals surface area contributed by atoms with Crippen molar-refractivity contribution in [2.45, 2.75) is 18.9 Å². The van der Waals surface area contributed by atoms with Crippen LogP contribution in [0.25, 0.3) is 11.3 Å². The lowest BCUT2D eigenvalue weighted by Crippen LogP contribution is -2.22. The third-order valence-corrected chi connectivity index (χ3v) is 5.05. The highest BCUT2D eigenvalue weighted by atomic mass is 32.1. The zero-order valence-corrected chi connectivity index (χ0v) is 13.3. The zero-order valence-electron chi connectivity index (χ0n) is 12.5. The highest BCUT2D eigenvalue weighted by Crippen LogP contribution is 2.38. The van der Waals surface area contributed by atoms with E-state index in [1.165, 1.54) is 24.0 Å². The fourth-order valence-electron chi connectivity index (χ4n) is 3.09. The van der Waals surface area contributed by atoms with E-state index in [9.17, 15) is 0 Å². The second-order valence-corrected chi connectivity index (χ2v) is 6.52. The minimum atomic E-state index is 0.406. The van der Waals surface area contributed by atoms with Crippen molar-refractivity contribution < 1.29 is 0 Å². The number of anilines is 1. The molecule has 0 aliphatic carbocycles. The van der Waals surface area contributed by atoms with Gasteiger partial charge >= 0.3 is 0 Å². The molecule has 3 heterocycles. The molecule has 112 valence electrons. The molecule has 1 saturated heterocycles. The van der Waals surface area contributed by atoms with Crippen LogP contribution in [-0.2, 0) is 7.05 Å². The van der Waals surface area contributed by atoms with E-state index in [1.807, 2.05) is 24.0 Å². The number of nitrogens with zero attached hydrogens (tertiary/aromatic N) is 4. The average molecular weight is 310 g/mol. The molecule has 0 spiro atoms. The first-order valence-electron chi connectivity index (χ1n) is 7.57. The number of thiazole rings is 1. The lowest BCUT2D eigenvalue weighted by atomic mass is 10.1. The van der Waals surface area contributed by atoms with Gasteiger partial charge in [0.05, 0.1) is 17.9 Å². The third kappa shape index (κ3) is 2.41. The van der Waals surface area contributed by atoms with Gasteiger partial charge in [-0.1, -0.05) is 30.3 Å². The maximum Gasteiger partial charge on any atom is 0.186 e. The van der Waals surface area contributed by atoms with E-state index in [0.717, 1.165) is 17.4 Å². The summed E-state index contributed by atoms with van der Waals surface area (Å²) >= 11 is 1.73. The van der Waals surface area contributed by atoms with E-state index in [1.54, 1.807) is 11.3 Å². The Balaban J connectivity index is 1.63. The van der Waals surface area contributed by atoms with Crippen LogP contribution < -0.4 is 4.90 Å². The molecular formula is C17H18N4S. The Morgan fingerprint density at radius 2 is 2.09 bits per heavy atom. The Morgan fingerprint density at radius 1 is 1.23 bits per heavy atom. The first-order chi connectivity index (χ1) is 10.8. The molecule has 1 aliphatic rings. The molecule has 22 heavy (non-hydrogen) atoms. The Kier molecular flexibility index (Phi) is 3.42. The summed E-state index contributed by atoms with van der Waals surface area (Å²) in [6, 6.07) is 10.8. The van der Waals surface area contributed by atoms with Gasteiger partial charge in [0.25, 0.3) is 0 Å². The summed E-state index contributed by atoms with van der Waals surface area (Å²) in [6.07, 6.45) is 6.48. The van der Waals surface area contributed by atoms with Gasteiger partial charge in [-0.15, -0.1) is 11.3 Å². The third-order valence-electron chi connectivity index (χ3n) is 4.17. The maximum absolute atomic E-state index is 4.86. The van der Waals surface area contributed by atoms with Gasteiger partial charge in [0.2, 0.25) is 0 Å². The summed E-state index contributed by atoms with van der Waals surface area (Å²) in [4.78, 5) is 7.29. The van der Waals surface area contributed by atoms with Crippen molar-refractivity contribution in [1.29, 1.82) is 0 Å². The van der Waals surface area contributed by atoms with Gasteiger partial charge in [0, 0.05) is 36.3 Å². The Hall–Kier alpha value is -2.14. The molecule has 0 saturated carbocycles. The van der Waals surface area contributed by atoms with Gasteiger partial charge in [-0.2, -0.15) is 5.10 Å². The van der Waals surface area contributed by atoms with Gasteiger partial charge < -0.3 is 4.90 Å². The number of benzene rings is 1. The second-order valence-electron chi connectivity index (χ2n) is 5.68. The summed E-state index contributed by atoms with van der Waals surface area (Å²) in [5, 5.41) is 7.59. The molecule has 4 nitrogen and oxygen atoms in total. The highest BCUT2D eigenvalue weighted by Gasteiger charge is 2.29. The number of aryl methyl sites for hydroxylation is 1. The predicted octanol–water partition coefficient (Wildman–Crippen LogP) is 3.89. The van der Waals surface area contributed by atoms with E-state index in [4.69, 9.17) is 4.98 Å². The van der Waals surface area contributed by atoms with Crippen LogP contribution in [0.1, 0.15) is 24.4 Å². The summed E-state index contributed by atoms with van der Waals surface area (Å²) < 4.78 is 1.88. The zero-order chi connectivity index (χ0) is 14.9. The normalized spacial score (nSPS) is 18.0. The van der Waals surface area contributed by atoms with Crippen LogP contribution in [0.3, 0.4) is 0 Å². The molecular weight excluding hydrogens is 292 g/mol. The first-order valence-corrected chi connectivity index (χ1v) is 8.45. The van der Waals surface area contributed by atoms with E-state index >= 15 is 0 Å². The number of hydrogen-bond donors (Lipinski definition) is 0. The summed E-state index contributed by atoms with van der Waals surface area (Å²) in [5.74, 6) is 0. The number of hydrogen-bond acceptors (Lipinski definition) is 4. The van der Waals surface area contributed by atoms with Crippen LogP contribution in [-0.4, -0.2) is 21.3 Å². The van der Waals surface area contributed by atoms with Crippen LogP contribution in [0.15, 0.2) is 48.1 Å². The van der Waals surface area contributed by atoms with Crippen molar-refractivity contribution in [2.75, 3.05) is 11.4 Å². The lowest BCUT2D eigenvalue weighted by molar-refractivity contribution is 0.713. The van der Waals surface area contributed by atoms with Crippen LogP contribution in [0.2, 0.25) is 0 Å². The molecule has 0 radical (unpaired) electrons. The van der Waals surface area contributed by atoms with Crippen molar-refractivity contribution >= 4 is 16.5 Å². The summed E-state index contributed by atoms with van der Waals surface area (Å²) in [6.45, 7) is 1.07. The van der Waals surface area contributed by atoms with Crippen molar-refractivity contribution in [3.05, 3.63) is 53.7 Å². The van der Waals surface area contributed by atoms with Gasteiger partial charge in [-0.25, -0.2) is 4.98 Å². The second kappa shape index (κ2) is 5.57. The summed E-state index contributed by atoms with van der Waals surface area (Å²) in [7, 11) is 1.97. The molecule has 2 aromatic heterocycles. The van der Waals surface area contributed by atoms with Crippen molar-refractivity contribution in [3.8, 4) is 11.3 Å². The van der Waals surface area contributed by atoms with Crippen LogP contribution >= 0.6 is 11.3 Å². The number of rotatable bonds is 3. The quantitative estimate of drug-likeness (QED) is 0.736. The molecule has 1 aromatic carbocycles. The van der Waals surface area contributed by atoms with Gasteiger partial charge in [0.15, 0.2) is 5.13 Å². The molecule has 4 rings (SSSR count). The molecule has 0 bridgehead atoms. The lowest BCUT2D eigenvalue weighted by Gasteiger charge is -2.22. The number of aromatic nitrogens is 3. The highest BCUT2D eigenvalue weighted by molar-refractivity contribution is 7.14. The molecule has 1 unspecified atom stereocenters. The molecule has 0 amide bonds. The minimum Gasteiger partial charge on any atom is -0.341 e. The molecule has 1 atom stereocenters. The minimum absolute atomic E-state index is 0.406. The van der Waals surface area contributed by atoms with E-state index in [-0.39, 0.29) is 0 Å². The SMILES string of the molecule is Cn1cc(C2CCCN2c2nc(-c3ccccc3)cs2)cn1. The molecule has 0 N–H and O–H groups in total. The summed E-state index contributed by atoms with van der Waals surface area (Å²) in [5.41, 5.74) is 3.54. The van der Waals surface area contributed by atoms with Crippen molar-refractivity contribution in [3.63, 3.8) is 0 Å². The van der Waals surface area contributed by atoms with E-state index in [2.05, 4.69) is 45.8 Å². The topological polar surface area (TPSA) is 34.0 Å². The molecule has 1 fully saturated rings. The Bertz CT molecular complexity index is 762. The standard InChI is InChI=1S/C17H18N4S/c1-20-11-14(10-18-20)16-8-5-9-21(16)17-19-15(12-22-17)13-6-3-2-4-7-13/h2-4,6-7,10-12,16H,5,8-9H2,1H3. The smallest absolute Gasteiger partial charge is 0.186 e.